The van der Waals surface area contributed by atoms with Crippen LogP contribution in [0.3, 0.4) is 0 Å². The smallest absolute Gasteiger partial charge is 0.193 e. The highest BCUT2D eigenvalue weighted by molar-refractivity contribution is 6.32. The number of methoxy groups -OCH3 is 1. The minimum atomic E-state index is 0.0986. The number of anilines is 1. The normalized spacial score (nSPS) is 11.5. The molecule has 5 nitrogen and oxygen atoms in total. The van der Waals surface area contributed by atoms with Crippen molar-refractivity contribution in [2.75, 3.05) is 12.4 Å². The Kier molecular flexibility index (Phi) is 6.53. The van der Waals surface area contributed by atoms with Crippen molar-refractivity contribution in [1.82, 2.24) is 0 Å². The molecule has 2 aromatic rings. The summed E-state index contributed by atoms with van der Waals surface area (Å²) in [6.07, 6.45) is 0.0986. The average molecular weight is 362 g/mol. The molecule has 0 saturated heterocycles. The van der Waals surface area contributed by atoms with Gasteiger partial charge in [0.15, 0.2) is 5.96 Å². The van der Waals surface area contributed by atoms with Crippen molar-refractivity contribution in [3.63, 3.8) is 0 Å². The average Bonchev–Trinajstić information content (AvgIpc) is 2.53. The molecule has 0 aliphatic heterocycles. The number of nitrogens with one attached hydrogen (secondary N) is 1. The highest BCUT2D eigenvalue weighted by Crippen LogP contribution is 2.27. The van der Waals surface area contributed by atoms with Crippen LogP contribution < -0.4 is 20.5 Å². The molecule has 0 amide bonds. The largest absolute Gasteiger partial charge is 0.495 e. The Morgan fingerprint density at radius 2 is 1.96 bits per heavy atom. The second-order valence-electron chi connectivity index (χ2n) is 5.95. The molecule has 0 fully saturated rings. The van der Waals surface area contributed by atoms with Crippen LogP contribution in [-0.2, 0) is 6.54 Å². The number of aryl methyl sites for hydroxylation is 1. The highest BCUT2D eigenvalue weighted by Gasteiger charge is 2.07. The zero-order chi connectivity index (χ0) is 18.4. The van der Waals surface area contributed by atoms with Crippen molar-refractivity contribution in [3.8, 4) is 11.5 Å². The van der Waals surface area contributed by atoms with Gasteiger partial charge < -0.3 is 20.5 Å². The van der Waals surface area contributed by atoms with Gasteiger partial charge in [0, 0.05) is 11.3 Å². The summed E-state index contributed by atoms with van der Waals surface area (Å²) in [4.78, 5) is 4.39. The van der Waals surface area contributed by atoms with Crippen molar-refractivity contribution < 1.29 is 9.47 Å². The van der Waals surface area contributed by atoms with E-state index in [2.05, 4.69) is 10.3 Å². The zero-order valence-electron chi connectivity index (χ0n) is 15.0. The van der Waals surface area contributed by atoms with Gasteiger partial charge in [0.2, 0.25) is 0 Å². The fourth-order valence-electron chi connectivity index (χ4n) is 2.26. The Balaban J connectivity index is 2.09. The van der Waals surface area contributed by atoms with Gasteiger partial charge in [-0.15, -0.1) is 0 Å². The Hall–Kier alpha value is -2.40. The third-order valence-corrected chi connectivity index (χ3v) is 3.72. The van der Waals surface area contributed by atoms with Crippen molar-refractivity contribution in [2.45, 2.75) is 33.4 Å². The van der Waals surface area contributed by atoms with Crippen LogP contribution in [0.2, 0.25) is 5.02 Å². The number of hydrogen-bond acceptors (Lipinski definition) is 3. The number of guanidine groups is 1. The molecule has 134 valence electrons. The number of ether oxygens (including phenoxy) is 2. The fraction of sp³-hybridized carbons (Fsp3) is 0.316. The maximum absolute atomic E-state index is 6.11. The molecule has 0 atom stereocenters. The van der Waals surface area contributed by atoms with Crippen molar-refractivity contribution >= 4 is 23.2 Å². The first kappa shape index (κ1) is 18.9. The lowest BCUT2D eigenvalue weighted by molar-refractivity contribution is 0.240. The predicted molar refractivity (Wildman–Crippen MR) is 104 cm³/mol. The van der Waals surface area contributed by atoms with Crippen LogP contribution in [0.5, 0.6) is 11.5 Å². The molecule has 0 aliphatic carbocycles. The van der Waals surface area contributed by atoms with Crippen LogP contribution in [0, 0.1) is 6.92 Å². The van der Waals surface area contributed by atoms with Gasteiger partial charge in [-0.25, -0.2) is 4.99 Å². The molecule has 25 heavy (non-hydrogen) atoms. The Bertz CT molecular complexity index is 760. The van der Waals surface area contributed by atoms with E-state index in [0.717, 1.165) is 22.6 Å². The minimum Gasteiger partial charge on any atom is -0.495 e. The first-order valence-electron chi connectivity index (χ1n) is 8.05. The summed E-state index contributed by atoms with van der Waals surface area (Å²) in [6, 6.07) is 11.4. The van der Waals surface area contributed by atoms with Crippen LogP contribution in [0.4, 0.5) is 5.69 Å². The highest BCUT2D eigenvalue weighted by atomic mass is 35.5. The summed E-state index contributed by atoms with van der Waals surface area (Å²) in [7, 11) is 1.57. The van der Waals surface area contributed by atoms with E-state index >= 15 is 0 Å². The zero-order valence-corrected chi connectivity index (χ0v) is 15.7. The van der Waals surface area contributed by atoms with E-state index in [0.29, 0.717) is 23.3 Å². The lowest BCUT2D eigenvalue weighted by atomic mass is 10.1. The van der Waals surface area contributed by atoms with Gasteiger partial charge in [0.1, 0.15) is 11.5 Å². The van der Waals surface area contributed by atoms with Gasteiger partial charge in [-0.1, -0.05) is 23.7 Å². The van der Waals surface area contributed by atoms with E-state index in [1.165, 1.54) is 0 Å². The molecule has 0 aromatic heterocycles. The Morgan fingerprint density at radius 3 is 2.60 bits per heavy atom. The number of nitrogens with zero attached hydrogens (tertiary/aromatic N) is 1. The third kappa shape index (κ3) is 5.57. The van der Waals surface area contributed by atoms with E-state index in [-0.39, 0.29) is 6.10 Å². The summed E-state index contributed by atoms with van der Waals surface area (Å²) in [5.74, 6) is 1.74. The molecule has 0 saturated carbocycles. The molecule has 0 radical (unpaired) electrons. The maximum Gasteiger partial charge on any atom is 0.193 e. The van der Waals surface area contributed by atoms with Crippen LogP contribution in [0.25, 0.3) is 0 Å². The van der Waals surface area contributed by atoms with Gasteiger partial charge in [0.05, 0.1) is 24.8 Å². The monoisotopic (exact) mass is 361 g/mol. The topological polar surface area (TPSA) is 68.9 Å². The van der Waals surface area contributed by atoms with Gasteiger partial charge in [-0.05, 0) is 50.6 Å². The van der Waals surface area contributed by atoms with Crippen LogP contribution in [0.1, 0.15) is 25.0 Å². The number of benzene rings is 2. The van der Waals surface area contributed by atoms with Crippen LogP contribution >= 0.6 is 11.6 Å². The summed E-state index contributed by atoms with van der Waals surface area (Å²) < 4.78 is 11.0. The number of halogens is 1. The first-order chi connectivity index (χ1) is 11.9. The molecular formula is C19H24ClN3O2. The predicted octanol–water partition coefficient (Wildman–Crippen LogP) is 4.37. The van der Waals surface area contributed by atoms with Crippen molar-refractivity contribution in [1.29, 1.82) is 0 Å². The molecule has 2 rings (SSSR count). The second kappa shape index (κ2) is 8.62. The number of rotatable bonds is 6. The summed E-state index contributed by atoms with van der Waals surface area (Å²) in [5, 5.41) is 3.53. The number of nitrogens with two attached hydrogens (primary N) is 1. The molecular weight excluding hydrogens is 338 g/mol. The second-order valence-corrected chi connectivity index (χ2v) is 6.36. The quantitative estimate of drug-likeness (QED) is 0.592. The summed E-state index contributed by atoms with van der Waals surface area (Å²) in [5.41, 5.74) is 8.85. The van der Waals surface area contributed by atoms with Gasteiger partial charge in [0.25, 0.3) is 0 Å². The molecule has 0 heterocycles. The van der Waals surface area contributed by atoms with Crippen LogP contribution in [-0.4, -0.2) is 19.2 Å². The molecule has 0 spiro atoms. The van der Waals surface area contributed by atoms with E-state index < -0.39 is 0 Å². The molecule has 0 bridgehead atoms. The molecule has 3 N–H and O–H groups in total. The van der Waals surface area contributed by atoms with E-state index in [1.54, 1.807) is 19.2 Å². The van der Waals surface area contributed by atoms with Crippen LogP contribution in [0.15, 0.2) is 41.4 Å². The lowest BCUT2D eigenvalue weighted by Gasteiger charge is -2.14. The van der Waals surface area contributed by atoms with Crippen molar-refractivity contribution in [3.05, 3.63) is 52.5 Å². The van der Waals surface area contributed by atoms with Gasteiger partial charge in [-0.2, -0.15) is 0 Å². The maximum atomic E-state index is 6.11. The third-order valence-electron chi connectivity index (χ3n) is 3.43. The summed E-state index contributed by atoms with van der Waals surface area (Å²) >= 11 is 6.11. The van der Waals surface area contributed by atoms with E-state index in [4.69, 9.17) is 26.8 Å². The first-order valence-corrected chi connectivity index (χ1v) is 8.43. The summed E-state index contributed by atoms with van der Waals surface area (Å²) in [6.45, 7) is 6.45. The number of hydrogen-bond donors (Lipinski definition) is 2. The van der Waals surface area contributed by atoms with Gasteiger partial charge in [-0.3, -0.25) is 0 Å². The molecule has 6 heteroatoms. The number of aliphatic imine (C=N–C) groups is 1. The molecule has 0 aliphatic rings. The SMILES string of the molecule is COc1ccc(NC(N)=NCc2ccc(C)cc2OC(C)C)cc1Cl. The Morgan fingerprint density at radius 1 is 1.20 bits per heavy atom. The molecule has 0 unspecified atom stereocenters. The minimum absolute atomic E-state index is 0.0986. The van der Waals surface area contributed by atoms with E-state index in [9.17, 15) is 0 Å². The van der Waals surface area contributed by atoms with Gasteiger partial charge >= 0.3 is 0 Å². The fourth-order valence-corrected chi connectivity index (χ4v) is 2.52. The van der Waals surface area contributed by atoms with E-state index in [1.807, 2.05) is 45.0 Å². The van der Waals surface area contributed by atoms with Crippen molar-refractivity contribution in [2.24, 2.45) is 10.7 Å². The lowest BCUT2D eigenvalue weighted by Crippen LogP contribution is -2.22. The molecule has 2 aromatic carbocycles. The standard InChI is InChI=1S/C19H24ClN3O2/c1-12(2)25-18-9-13(3)5-6-14(18)11-22-19(21)23-15-7-8-17(24-4)16(20)10-15/h5-10,12H,11H2,1-4H3,(H3,21,22,23). The Labute approximate surface area is 153 Å².